The van der Waals surface area contributed by atoms with Gasteiger partial charge in [0.1, 0.15) is 0 Å². The fourth-order valence-corrected chi connectivity index (χ4v) is 4.25. The summed E-state index contributed by atoms with van der Waals surface area (Å²) in [6.07, 6.45) is 5.96. The third-order valence-corrected chi connectivity index (χ3v) is 5.52. The third-order valence-electron chi connectivity index (χ3n) is 5.52. The Hall–Kier alpha value is -0.730. The molecule has 0 amide bonds. The molecule has 0 aromatic heterocycles. The van der Waals surface area contributed by atoms with Gasteiger partial charge < -0.3 is 10.2 Å². The zero-order chi connectivity index (χ0) is 14.1. The molecule has 2 fully saturated rings. The lowest BCUT2D eigenvalue weighted by Gasteiger charge is -2.28. The van der Waals surface area contributed by atoms with E-state index in [1.165, 1.54) is 36.9 Å². The van der Waals surface area contributed by atoms with E-state index in [0.717, 1.165) is 24.3 Å². The van der Waals surface area contributed by atoms with Gasteiger partial charge in [-0.2, -0.15) is 0 Å². The number of fused-ring (bicyclic) bond motifs is 2. The van der Waals surface area contributed by atoms with Crippen LogP contribution in [-0.2, 0) is 6.54 Å². The smallest absolute Gasteiger partial charge is 0.0361 e. The molecule has 0 spiro atoms. The summed E-state index contributed by atoms with van der Waals surface area (Å²) in [4.78, 5) is 2.15. The minimum atomic E-state index is 0. The van der Waals surface area contributed by atoms with Crippen LogP contribution in [-0.4, -0.2) is 20.1 Å². The molecule has 2 nitrogen and oxygen atoms in total. The number of halogens is 1. The molecule has 3 heteroatoms. The first-order valence-corrected chi connectivity index (χ1v) is 8.13. The second-order valence-corrected chi connectivity index (χ2v) is 7.07. The van der Waals surface area contributed by atoms with E-state index in [4.69, 9.17) is 0 Å². The number of benzene rings is 1. The van der Waals surface area contributed by atoms with Crippen LogP contribution in [0.15, 0.2) is 24.3 Å². The SMILES string of the molecule is CC(NCc1ccc(N(C)C)cc1)C1CC2CCC1C2.Cl. The Kier molecular flexibility index (Phi) is 5.56. The van der Waals surface area contributed by atoms with Crippen LogP contribution < -0.4 is 10.2 Å². The highest BCUT2D eigenvalue weighted by Gasteiger charge is 2.41. The quantitative estimate of drug-likeness (QED) is 0.881. The van der Waals surface area contributed by atoms with Gasteiger partial charge in [0.15, 0.2) is 0 Å². The van der Waals surface area contributed by atoms with Crippen LogP contribution in [0.5, 0.6) is 0 Å². The van der Waals surface area contributed by atoms with E-state index in [1.807, 2.05) is 0 Å². The van der Waals surface area contributed by atoms with Gasteiger partial charge in [0, 0.05) is 32.4 Å². The normalized spacial score (nSPS) is 28.2. The van der Waals surface area contributed by atoms with Crippen molar-refractivity contribution in [3.63, 3.8) is 0 Å². The number of anilines is 1. The first-order valence-electron chi connectivity index (χ1n) is 8.13. The van der Waals surface area contributed by atoms with E-state index >= 15 is 0 Å². The highest BCUT2D eigenvalue weighted by atomic mass is 35.5. The number of hydrogen-bond acceptors (Lipinski definition) is 2. The molecule has 3 rings (SSSR count). The molecule has 1 N–H and O–H groups in total. The standard InChI is InChI=1S/C18H28N2.ClH/c1-13(18-11-15-4-7-16(18)10-15)19-12-14-5-8-17(9-6-14)20(2)3;/h5-6,8-9,13,15-16,18-19H,4,7,10-12H2,1-3H3;1H. The van der Waals surface area contributed by atoms with Crippen LogP contribution in [0.2, 0.25) is 0 Å². The highest BCUT2D eigenvalue weighted by molar-refractivity contribution is 5.85. The number of nitrogens with zero attached hydrogens (tertiary/aromatic N) is 1. The van der Waals surface area contributed by atoms with Crippen molar-refractivity contribution in [1.82, 2.24) is 5.32 Å². The van der Waals surface area contributed by atoms with Crippen LogP contribution in [0.1, 0.15) is 38.2 Å². The molecule has 1 aromatic carbocycles. The van der Waals surface area contributed by atoms with E-state index in [2.05, 4.69) is 55.5 Å². The predicted octanol–water partition coefficient (Wildman–Crippen LogP) is 4.09. The lowest BCUT2D eigenvalue weighted by Crippen LogP contribution is -2.35. The van der Waals surface area contributed by atoms with Gasteiger partial charge in [0.25, 0.3) is 0 Å². The Morgan fingerprint density at radius 2 is 1.86 bits per heavy atom. The molecule has 21 heavy (non-hydrogen) atoms. The largest absolute Gasteiger partial charge is 0.378 e. The first-order chi connectivity index (χ1) is 9.63. The van der Waals surface area contributed by atoms with Crippen molar-refractivity contribution in [1.29, 1.82) is 0 Å². The summed E-state index contributed by atoms with van der Waals surface area (Å²) in [5.41, 5.74) is 2.67. The van der Waals surface area contributed by atoms with Gasteiger partial charge in [-0.05, 0) is 61.6 Å². The molecule has 2 aliphatic rings. The van der Waals surface area contributed by atoms with Crippen LogP contribution in [0.3, 0.4) is 0 Å². The summed E-state index contributed by atoms with van der Waals surface area (Å²) in [7, 11) is 4.18. The van der Waals surface area contributed by atoms with Crippen molar-refractivity contribution in [2.24, 2.45) is 17.8 Å². The molecule has 0 heterocycles. The van der Waals surface area contributed by atoms with E-state index in [-0.39, 0.29) is 12.4 Å². The van der Waals surface area contributed by atoms with Crippen molar-refractivity contribution in [2.75, 3.05) is 19.0 Å². The van der Waals surface area contributed by atoms with Crippen LogP contribution in [0.25, 0.3) is 0 Å². The number of nitrogens with one attached hydrogen (secondary N) is 1. The first kappa shape index (κ1) is 16.6. The zero-order valence-electron chi connectivity index (χ0n) is 13.5. The van der Waals surface area contributed by atoms with Gasteiger partial charge in [-0.3, -0.25) is 0 Å². The Balaban J connectivity index is 0.00000161. The maximum absolute atomic E-state index is 3.76. The monoisotopic (exact) mass is 308 g/mol. The third kappa shape index (κ3) is 3.73. The van der Waals surface area contributed by atoms with Crippen molar-refractivity contribution < 1.29 is 0 Å². The fraction of sp³-hybridized carbons (Fsp3) is 0.667. The Labute approximate surface area is 135 Å². The molecule has 0 saturated heterocycles. The molecular weight excluding hydrogens is 280 g/mol. The summed E-state index contributed by atoms with van der Waals surface area (Å²) in [5, 5.41) is 3.76. The summed E-state index contributed by atoms with van der Waals surface area (Å²) < 4.78 is 0. The van der Waals surface area contributed by atoms with Crippen molar-refractivity contribution in [3.05, 3.63) is 29.8 Å². The zero-order valence-corrected chi connectivity index (χ0v) is 14.3. The lowest BCUT2D eigenvalue weighted by molar-refractivity contribution is 0.259. The maximum Gasteiger partial charge on any atom is 0.0361 e. The average molecular weight is 309 g/mol. The minimum Gasteiger partial charge on any atom is -0.378 e. The van der Waals surface area contributed by atoms with Crippen LogP contribution in [0, 0.1) is 17.8 Å². The molecular formula is C18H29ClN2. The van der Waals surface area contributed by atoms with Gasteiger partial charge in [-0.15, -0.1) is 12.4 Å². The molecule has 4 atom stereocenters. The summed E-state index contributed by atoms with van der Waals surface area (Å²) in [6.45, 7) is 3.39. The van der Waals surface area contributed by atoms with Gasteiger partial charge in [0.2, 0.25) is 0 Å². The molecule has 118 valence electrons. The second kappa shape index (κ2) is 7.02. The fourth-order valence-electron chi connectivity index (χ4n) is 4.25. The molecule has 2 bridgehead atoms. The molecule has 0 radical (unpaired) electrons. The molecule has 1 aromatic rings. The highest BCUT2D eigenvalue weighted by Crippen LogP contribution is 2.49. The maximum atomic E-state index is 3.76. The van der Waals surface area contributed by atoms with Crippen LogP contribution >= 0.6 is 12.4 Å². The van der Waals surface area contributed by atoms with Crippen molar-refractivity contribution in [2.45, 2.75) is 45.2 Å². The summed E-state index contributed by atoms with van der Waals surface area (Å²) >= 11 is 0. The van der Waals surface area contributed by atoms with Crippen LogP contribution in [0.4, 0.5) is 5.69 Å². The predicted molar refractivity (Wildman–Crippen MR) is 93.3 cm³/mol. The number of rotatable bonds is 5. The minimum absolute atomic E-state index is 0. The van der Waals surface area contributed by atoms with Gasteiger partial charge in [-0.25, -0.2) is 0 Å². The number of hydrogen-bond donors (Lipinski definition) is 1. The van der Waals surface area contributed by atoms with E-state index < -0.39 is 0 Å². The van der Waals surface area contributed by atoms with Gasteiger partial charge in [-0.1, -0.05) is 18.6 Å². The molecule has 2 aliphatic carbocycles. The Morgan fingerprint density at radius 3 is 2.38 bits per heavy atom. The van der Waals surface area contributed by atoms with E-state index in [9.17, 15) is 0 Å². The molecule has 4 unspecified atom stereocenters. The van der Waals surface area contributed by atoms with E-state index in [0.29, 0.717) is 6.04 Å². The lowest BCUT2D eigenvalue weighted by atomic mass is 9.84. The molecule has 0 aliphatic heterocycles. The van der Waals surface area contributed by atoms with Crippen molar-refractivity contribution >= 4 is 18.1 Å². The van der Waals surface area contributed by atoms with E-state index in [1.54, 1.807) is 0 Å². The topological polar surface area (TPSA) is 15.3 Å². The van der Waals surface area contributed by atoms with Gasteiger partial charge in [0.05, 0.1) is 0 Å². The average Bonchev–Trinajstić information content (AvgIpc) is 3.08. The summed E-state index contributed by atoms with van der Waals surface area (Å²) in [6, 6.07) is 9.57. The van der Waals surface area contributed by atoms with Crippen molar-refractivity contribution in [3.8, 4) is 0 Å². The second-order valence-electron chi connectivity index (χ2n) is 7.07. The van der Waals surface area contributed by atoms with Gasteiger partial charge >= 0.3 is 0 Å². The molecule has 2 saturated carbocycles. The summed E-state index contributed by atoms with van der Waals surface area (Å²) in [5.74, 6) is 2.99. The Morgan fingerprint density at radius 1 is 1.14 bits per heavy atom. The Bertz CT molecular complexity index is 443.